The molecule has 2 nitrogen and oxygen atoms in total. The number of furan rings is 1. The van der Waals surface area contributed by atoms with E-state index in [0.29, 0.717) is 12.0 Å². The van der Waals surface area contributed by atoms with Gasteiger partial charge in [-0.3, -0.25) is 0 Å². The van der Waals surface area contributed by atoms with E-state index in [0.717, 1.165) is 39.1 Å². The minimum atomic E-state index is 0.333. The average molecular weight is 300 g/mol. The van der Waals surface area contributed by atoms with Crippen LogP contribution in [0.15, 0.2) is 40.8 Å². The molecule has 21 heavy (non-hydrogen) atoms. The Morgan fingerprint density at radius 2 is 2.00 bits per heavy atom. The first kappa shape index (κ1) is 13.2. The molecule has 108 valence electrons. The van der Waals surface area contributed by atoms with E-state index in [1.165, 1.54) is 12.8 Å². The number of rotatable bonds is 4. The van der Waals surface area contributed by atoms with Crippen molar-refractivity contribution in [3.05, 3.63) is 47.2 Å². The number of benzene rings is 2. The molecule has 0 saturated heterocycles. The summed E-state index contributed by atoms with van der Waals surface area (Å²) in [5.74, 6) is 1.76. The molecule has 3 heteroatoms. The van der Waals surface area contributed by atoms with Gasteiger partial charge in [0, 0.05) is 21.2 Å². The molecule has 0 amide bonds. The van der Waals surface area contributed by atoms with Crippen molar-refractivity contribution in [2.75, 3.05) is 6.54 Å². The molecule has 1 aromatic heterocycles. The van der Waals surface area contributed by atoms with Crippen LogP contribution in [-0.2, 0) is 0 Å². The first-order valence-corrected chi connectivity index (χ1v) is 8.00. The lowest BCUT2D eigenvalue weighted by Crippen LogP contribution is -2.21. The van der Waals surface area contributed by atoms with Gasteiger partial charge < -0.3 is 9.73 Å². The quantitative estimate of drug-likeness (QED) is 0.707. The maximum Gasteiger partial charge on any atom is 0.142 e. The third-order valence-electron chi connectivity index (χ3n) is 4.32. The maximum atomic E-state index is 6.40. The second kappa shape index (κ2) is 5.04. The first-order chi connectivity index (χ1) is 10.3. The highest BCUT2D eigenvalue weighted by molar-refractivity contribution is 6.37. The molecule has 1 heterocycles. The van der Waals surface area contributed by atoms with Gasteiger partial charge in [-0.2, -0.15) is 0 Å². The fourth-order valence-electron chi connectivity index (χ4n) is 3.15. The van der Waals surface area contributed by atoms with Gasteiger partial charge in [-0.1, -0.05) is 42.8 Å². The van der Waals surface area contributed by atoms with E-state index in [1.807, 2.05) is 24.3 Å². The van der Waals surface area contributed by atoms with Crippen molar-refractivity contribution in [2.24, 2.45) is 5.92 Å². The van der Waals surface area contributed by atoms with Gasteiger partial charge in [0.1, 0.15) is 11.3 Å². The topological polar surface area (TPSA) is 25.2 Å². The standard InChI is InChI=1S/C18H18ClNO/c1-2-20-17(11-7-8-11)16-10-12-9-15(19)13-5-3-4-6-14(13)18(12)21-16/h3-6,9-11,17,20H,2,7-8H2,1H3. The van der Waals surface area contributed by atoms with E-state index >= 15 is 0 Å². The van der Waals surface area contributed by atoms with Gasteiger partial charge in [-0.25, -0.2) is 0 Å². The third kappa shape index (κ3) is 2.23. The molecule has 0 radical (unpaired) electrons. The molecule has 0 bridgehead atoms. The summed E-state index contributed by atoms with van der Waals surface area (Å²) >= 11 is 6.40. The van der Waals surface area contributed by atoms with E-state index in [2.05, 4.69) is 24.4 Å². The molecule has 2 aromatic carbocycles. The van der Waals surface area contributed by atoms with Crippen molar-refractivity contribution < 1.29 is 4.42 Å². The Morgan fingerprint density at radius 3 is 2.71 bits per heavy atom. The Labute approximate surface area is 129 Å². The number of fused-ring (bicyclic) bond motifs is 3. The van der Waals surface area contributed by atoms with Gasteiger partial charge in [0.15, 0.2) is 0 Å². The van der Waals surface area contributed by atoms with Crippen molar-refractivity contribution in [1.29, 1.82) is 0 Å². The van der Waals surface area contributed by atoms with E-state index < -0.39 is 0 Å². The molecule has 3 aromatic rings. The van der Waals surface area contributed by atoms with Crippen molar-refractivity contribution in [3.8, 4) is 0 Å². The lowest BCUT2D eigenvalue weighted by molar-refractivity contribution is 0.404. The molecule has 1 aliphatic rings. The highest BCUT2D eigenvalue weighted by Gasteiger charge is 2.34. The summed E-state index contributed by atoms with van der Waals surface area (Å²) in [4.78, 5) is 0. The molecule has 1 N–H and O–H groups in total. The van der Waals surface area contributed by atoms with Crippen LogP contribution in [-0.4, -0.2) is 6.54 Å². The van der Waals surface area contributed by atoms with E-state index in [4.69, 9.17) is 16.0 Å². The van der Waals surface area contributed by atoms with Gasteiger partial charge in [0.2, 0.25) is 0 Å². The zero-order valence-electron chi connectivity index (χ0n) is 12.0. The Morgan fingerprint density at radius 1 is 1.24 bits per heavy atom. The van der Waals surface area contributed by atoms with Gasteiger partial charge >= 0.3 is 0 Å². The molecule has 4 rings (SSSR count). The number of halogens is 1. The SMILES string of the molecule is CCNC(c1cc2cc(Cl)c3ccccc3c2o1)C1CC1. The van der Waals surface area contributed by atoms with Gasteiger partial charge in [-0.05, 0) is 37.4 Å². The summed E-state index contributed by atoms with van der Waals surface area (Å²) in [7, 11) is 0. The zero-order chi connectivity index (χ0) is 14.4. The normalized spacial score (nSPS) is 16.7. The van der Waals surface area contributed by atoms with Crippen LogP contribution in [0.25, 0.3) is 21.7 Å². The largest absolute Gasteiger partial charge is 0.459 e. The van der Waals surface area contributed by atoms with Crippen molar-refractivity contribution >= 4 is 33.3 Å². The summed E-state index contributed by atoms with van der Waals surface area (Å²) in [6.07, 6.45) is 2.58. The third-order valence-corrected chi connectivity index (χ3v) is 4.63. The minimum absolute atomic E-state index is 0.333. The Hall–Kier alpha value is -1.51. The zero-order valence-corrected chi connectivity index (χ0v) is 12.8. The lowest BCUT2D eigenvalue weighted by atomic mass is 10.1. The average Bonchev–Trinajstić information content (AvgIpc) is 3.25. The number of hydrogen-bond donors (Lipinski definition) is 1. The molecule has 1 fully saturated rings. The number of nitrogens with one attached hydrogen (secondary N) is 1. The van der Waals surface area contributed by atoms with Crippen LogP contribution in [0.4, 0.5) is 0 Å². The fourth-order valence-corrected chi connectivity index (χ4v) is 3.43. The Bertz CT molecular complexity index is 803. The summed E-state index contributed by atoms with van der Waals surface area (Å²) in [6.45, 7) is 3.10. The molecule has 1 aliphatic carbocycles. The van der Waals surface area contributed by atoms with Crippen LogP contribution in [0, 0.1) is 5.92 Å². The fraction of sp³-hybridized carbons (Fsp3) is 0.333. The maximum absolute atomic E-state index is 6.40. The van der Waals surface area contributed by atoms with Crippen LogP contribution >= 0.6 is 11.6 Å². The molecule has 1 unspecified atom stereocenters. The summed E-state index contributed by atoms with van der Waals surface area (Å²) in [5, 5.41) is 7.59. The first-order valence-electron chi connectivity index (χ1n) is 7.62. The van der Waals surface area contributed by atoms with Gasteiger partial charge in [-0.15, -0.1) is 0 Å². The van der Waals surface area contributed by atoms with Crippen molar-refractivity contribution in [3.63, 3.8) is 0 Å². The minimum Gasteiger partial charge on any atom is -0.459 e. The lowest BCUT2D eigenvalue weighted by Gasteiger charge is -2.13. The van der Waals surface area contributed by atoms with Crippen LogP contribution in [0.5, 0.6) is 0 Å². The van der Waals surface area contributed by atoms with Crippen molar-refractivity contribution in [1.82, 2.24) is 5.32 Å². The van der Waals surface area contributed by atoms with Crippen LogP contribution < -0.4 is 5.32 Å². The van der Waals surface area contributed by atoms with Crippen molar-refractivity contribution in [2.45, 2.75) is 25.8 Å². The second-order valence-corrected chi connectivity index (χ2v) is 6.25. The van der Waals surface area contributed by atoms with Crippen LogP contribution in [0.2, 0.25) is 5.02 Å². The van der Waals surface area contributed by atoms with E-state index in [1.54, 1.807) is 0 Å². The molecular formula is C18H18ClNO. The molecule has 0 aliphatic heterocycles. The van der Waals surface area contributed by atoms with E-state index in [-0.39, 0.29) is 0 Å². The number of hydrogen-bond acceptors (Lipinski definition) is 2. The smallest absolute Gasteiger partial charge is 0.142 e. The summed E-state index contributed by atoms with van der Waals surface area (Å²) < 4.78 is 6.23. The Balaban J connectivity index is 1.91. The second-order valence-electron chi connectivity index (χ2n) is 5.84. The highest BCUT2D eigenvalue weighted by Crippen LogP contribution is 2.43. The van der Waals surface area contributed by atoms with Gasteiger partial charge in [0.05, 0.1) is 6.04 Å². The van der Waals surface area contributed by atoms with Gasteiger partial charge in [0.25, 0.3) is 0 Å². The van der Waals surface area contributed by atoms with E-state index in [9.17, 15) is 0 Å². The summed E-state index contributed by atoms with van der Waals surface area (Å²) in [5.41, 5.74) is 0.952. The molecule has 0 spiro atoms. The molecular weight excluding hydrogens is 282 g/mol. The van der Waals surface area contributed by atoms with Crippen LogP contribution in [0.1, 0.15) is 31.6 Å². The Kier molecular flexibility index (Phi) is 3.16. The molecule has 1 saturated carbocycles. The highest BCUT2D eigenvalue weighted by atomic mass is 35.5. The van der Waals surface area contributed by atoms with Crippen LogP contribution in [0.3, 0.4) is 0 Å². The molecule has 1 atom stereocenters. The summed E-state index contributed by atoms with van der Waals surface area (Å²) in [6, 6.07) is 12.7. The monoisotopic (exact) mass is 299 g/mol. The predicted octanol–water partition coefficient (Wildman–Crippen LogP) is 5.30. The predicted molar refractivity (Wildman–Crippen MR) is 87.9 cm³/mol.